The van der Waals surface area contributed by atoms with Gasteiger partial charge in [-0.15, -0.1) is 0 Å². The second kappa shape index (κ2) is 6.34. The Morgan fingerprint density at radius 1 is 1.14 bits per heavy atom. The van der Waals surface area contributed by atoms with Gasteiger partial charge in [0.25, 0.3) is 0 Å². The van der Waals surface area contributed by atoms with E-state index in [9.17, 15) is 18.8 Å². The molecule has 1 aromatic carbocycles. The number of halogens is 2. The highest BCUT2D eigenvalue weighted by atomic mass is 79.9. The van der Waals surface area contributed by atoms with Crippen LogP contribution in [0.4, 0.5) is 9.18 Å². The van der Waals surface area contributed by atoms with Crippen molar-refractivity contribution in [1.29, 1.82) is 0 Å². The first-order chi connectivity index (χ1) is 9.95. The molecular formula is C14H14BrFN2O3. The Bertz CT molecular complexity index is 606. The van der Waals surface area contributed by atoms with Crippen molar-refractivity contribution >= 4 is 33.8 Å². The van der Waals surface area contributed by atoms with E-state index >= 15 is 0 Å². The monoisotopic (exact) mass is 356 g/mol. The lowest BCUT2D eigenvalue weighted by atomic mass is 10.2. The first kappa shape index (κ1) is 15.6. The van der Waals surface area contributed by atoms with Crippen LogP contribution in [0.1, 0.15) is 25.3 Å². The Hall–Kier alpha value is -1.76. The molecule has 4 amide bonds. The van der Waals surface area contributed by atoms with E-state index < -0.39 is 23.7 Å². The zero-order valence-corrected chi connectivity index (χ0v) is 13.0. The number of nitrogens with zero attached hydrogens (tertiary/aromatic N) is 2. The van der Waals surface area contributed by atoms with Gasteiger partial charge in [0.1, 0.15) is 5.82 Å². The zero-order chi connectivity index (χ0) is 15.6. The molecule has 1 aliphatic rings. The molecule has 0 radical (unpaired) electrons. The Morgan fingerprint density at radius 2 is 1.81 bits per heavy atom. The van der Waals surface area contributed by atoms with Crippen LogP contribution in [0.2, 0.25) is 0 Å². The second-order valence-electron chi connectivity index (χ2n) is 4.72. The molecule has 1 aromatic rings. The SMILES string of the molecule is CCCCN1C(=O)C(=O)N(Cc2ccc(Br)cc2F)C1=O. The first-order valence-electron chi connectivity index (χ1n) is 6.57. The first-order valence-corrected chi connectivity index (χ1v) is 7.36. The number of unbranched alkanes of at least 4 members (excludes halogenated alkanes) is 1. The molecule has 0 aliphatic carbocycles. The van der Waals surface area contributed by atoms with Crippen LogP contribution in [0.5, 0.6) is 0 Å². The highest BCUT2D eigenvalue weighted by Crippen LogP contribution is 2.20. The number of imide groups is 2. The molecule has 2 rings (SSSR count). The molecule has 7 heteroatoms. The third-order valence-electron chi connectivity index (χ3n) is 3.21. The lowest BCUT2D eigenvalue weighted by Gasteiger charge is -2.15. The van der Waals surface area contributed by atoms with Crippen LogP contribution in [-0.2, 0) is 16.1 Å². The van der Waals surface area contributed by atoms with Crippen molar-refractivity contribution in [3.05, 3.63) is 34.1 Å². The zero-order valence-electron chi connectivity index (χ0n) is 11.4. The molecule has 0 aromatic heterocycles. The van der Waals surface area contributed by atoms with Gasteiger partial charge in [-0.05, 0) is 18.6 Å². The predicted octanol–water partition coefficient (Wildman–Crippen LogP) is 2.68. The molecule has 112 valence electrons. The number of carbonyl (C=O) groups is 3. The summed E-state index contributed by atoms with van der Waals surface area (Å²) >= 11 is 3.13. The third-order valence-corrected chi connectivity index (χ3v) is 3.71. The standard InChI is InChI=1S/C14H14BrFN2O3/c1-2-3-6-17-12(19)13(20)18(14(17)21)8-9-4-5-10(15)7-11(9)16/h4-5,7H,2-3,6,8H2,1H3. The lowest BCUT2D eigenvalue weighted by Crippen LogP contribution is -2.33. The van der Waals surface area contributed by atoms with E-state index in [-0.39, 0.29) is 18.7 Å². The molecule has 0 unspecified atom stereocenters. The second-order valence-corrected chi connectivity index (χ2v) is 5.64. The van der Waals surface area contributed by atoms with Crippen molar-refractivity contribution in [2.75, 3.05) is 6.54 Å². The number of benzene rings is 1. The van der Waals surface area contributed by atoms with Crippen LogP contribution in [0.25, 0.3) is 0 Å². The Balaban J connectivity index is 2.18. The molecule has 0 saturated carbocycles. The molecule has 21 heavy (non-hydrogen) atoms. The number of hydrogen-bond donors (Lipinski definition) is 0. The maximum atomic E-state index is 13.8. The summed E-state index contributed by atoms with van der Waals surface area (Å²) in [7, 11) is 0. The van der Waals surface area contributed by atoms with E-state index in [0.717, 1.165) is 16.2 Å². The van der Waals surface area contributed by atoms with Gasteiger partial charge in [0, 0.05) is 16.6 Å². The van der Waals surface area contributed by atoms with Crippen LogP contribution >= 0.6 is 15.9 Å². The summed E-state index contributed by atoms with van der Waals surface area (Å²) in [6.07, 6.45) is 1.43. The van der Waals surface area contributed by atoms with E-state index in [1.807, 2.05) is 6.92 Å². The summed E-state index contributed by atoms with van der Waals surface area (Å²) < 4.78 is 14.3. The van der Waals surface area contributed by atoms with Gasteiger partial charge in [-0.3, -0.25) is 19.4 Å². The van der Waals surface area contributed by atoms with E-state index in [1.165, 1.54) is 12.1 Å². The summed E-state index contributed by atoms with van der Waals surface area (Å²) in [5, 5.41) is 0. The minimum Gasteiger partial charge on any atom is -0.263 e. The van der Waals surface area contributed by atoms with Crippen LogP contribution in [0.3, 0.4) is 0 Å². The highest BCUT2D eigenvalue weighted by Gasteiger charge is 2.44. The van der Waals surface area contributed by atoms with Gasteiger partial charge in [-0.1, -0.05) is 35.3 Å². The molecule has 0 N–H and O–H groups in total. The number of hydrogen-bond acceptors (Lipinski definition) is 3. The van der Waals surface area contributed by atoms with Gasteiger partial charge in [0.2, 0.25) is 0 Å². The largest absolute Gasteiger partial charge is 0.334 e. The van der Waals surface area contributed by atoms with E-state index in [4.69, 9.17) is 0 Å². The van der Waals surface area contributed by atoms with Crippen molar-refractivity contribution in [3.63, 3.8) is 0 Å². The quantitative estimate of drug-likeness (QED) is 0.601. The average Bonchev–Trinajstić information content (AvgIpc) is 2.64. The lowest BCUT2D eigenvalue weighted by molar-refractivity contribution is -0.143. The van der Waals surface area contributed by atoms with Crippen molar-refractivity contribution in [3.8, 4) is 0 Å². The Kier molecular flexibility index (Phi) is 4.72. The van der Waals surface area contributed by atoms with Gasteiger partial charge in [-0.25, -0.2) is 9.18 Å². The van der Waals surface area contributed by atoms with Crippen molar-refractivity contribution < 1.29 is 18.8 Å². The van der Waals surface area contributed by atoms with Crippen LogP contribution < -0.4 is 0 Å². The van der Waals surface area contributed by atoms with Gasteiger partial charge < -0.3 is 0 Å². The van der Waals surface area contributed by atoms with Crippen LogP contribution in [-0.4, -0.2) is 34.2 Å². The van der Waals surface area contributed by atoms with E-state index in [0.29, 0.717) is 10.9 Å². The van der Waals surface area contributed by atoms with Crippen molar-refractivity contribution in [1.82, 2.24) is 9.80 Å². The molecule has 5 nitrogen and oxygen atoms in total. The Labute approximate surface area is 129 Å². The maximum absolute atomic E-state index is 13.8. The van der Waals surface area contributed by atoms with Crippen LogP contribution in [0, 0.1) is 5.82 Å². The summed E-state index contributed by atoms with van der Waals surface area (Å²) in [4.78, 5) is 37.4. The molecule has 1 heterocycles. The summed E-state index contributed by atoms with van der Waals surface area (Å²) in [5.74, 6) is -2.28. The van der Waals surface area contributed by atoms with E-state index in [2.05, 4.69) is 15.9 Å². The molecule has 0 atom stereocenters. The molecular weight excluding hydrogens is 343 g/mol. The summed E-state index contributed by atoms with van der Waals surface area (Å²) in [5.41, 5.74) is 0.185. The minimum atomic E-state index is -0.904. The van der Waals surface area contributed by atoms with Crippen molar-refractivity contribution in [2.45, 2.75) is 26.3 Å². The van der Waals surface area contributed by atoms with Crippen molar-refractivity contribution in [2.24, 2.45) is 0 Å². The van der Waals surface area contributed by atoms with Gasteiger partial charge in [0.15, 0.2) is 0 Å². The highest BCUT2D eigenvalue weighted by molar-refractivity contribution is 9.10. The van der Waals surface area contributed by atoms with Gasteiger partial charge in [0.05, 0.1) is 6.54 Å². The molecule has 1 saturated heterocycles. The molecule has 1 aliphatic heterocycles. The van der Waals surface area contributed by atoms with Gasteiger partial charge in [-0.2, -0.15) is 0 Å². The number of urea groups is 1. The number of amides is 4. The minimum absolute atomic E-state index is 0.185. The maximum Gasteiger partial charge on any atom is 0.334 e. The summed E-state index contributed by atoms with van der Waals surface area (Å²) in [6.45, 7) is 1.88. The van der Waals surface area contributed by atoms with Crippen LogP contribution in [0.15, 0.2) is 22.7 Å². The van der Waals surface area contributed by atoms with Gasteiger partial charge >= 0.3 is 17.8 Å². The number of rotatable bonds is 5. The summed E-state index contributed by atoms with van der Waals surface area (Å²) in [6, 6.07) is 3.65. The fourth-order valence-corrected chi connectivity index (χ4v) is 2.36. The fraction of sp³-hybridized carbons (Fsp3) is 0.357. The van der Waals surface area contributed by atoms with E-state index in [1.54, 1.807) is 6.07 Å². The Morgan fingerprint density at radius 3 is 2.43 bits per heavy atom. The molecule has 1 fully saturated rings. The fourth-order valence-electron chi connectivity index (χ4n) is 2.02. The third kappa shape index (κ3) is 3.12. The smallest absolute Gasteiger partial charge is 0.263 e. The predicted molar refractivity (Wildman–Crippen MR) is 76.7 cm³/mol. The normalized spacial score (nSPS) is 15.3. The molecule has 0 bridgehead atoms. The topological polar surface area (TPSA) is 57.7 Å². The molecule has 0 spiro atoms. The number of carbonyl (C=O) groups excluding carboxylic acids is 3. The average molecular weight is 357 g/mol.